The van der Waals surface area contributed by atoms with Crippen molar-refractivity contribution < 1.29 is 19.5 Å². The quantitative estimate of drug-likeness (QED) is 0.493. The van der Waals surface area contributed by atoms with Gasteiger partial charge >= 0.3 is 5.97 Å². The van der Waals surface area contributed by atoms with Gasteiger partial charge < -0.3 is 15.7 Å². The van der Waals surface area contributed by atoms with E-state index in [0.717, 1.165) is 31.1 Å². The van der Waals surface area contributed by atoms with Crippen molar-refractivity contribution in [1.82, 2.24) is 10.3 Å². The van der Waals surface area contributed by atoms with E-state index in [4.69, 9.17) is 0 Å². The molecule has 1 fully saturated rings. The third-order valence-electron chi connectivity index (χ3n) is 6.59. The highest BCUT2D eigenvalue weighted by molar-refractivity contribution is 6.11. The first kappa shape index (κ1) is 23.4. The molecule has 0 bridgehead atoms. The third kappa shape index (κ3) is 5.09. The van der Waals surface area contributed by atoms with Gasteiger partial charge in [0.25, 0.3) is 5.91 Å². The molecule has 3 aromatic rings. The first-order valence-corrected chi connectivity index (χ1v) is 11.5. The molecule has 1 heterocycles. The largest absolute Gasteiger partial charge is 0.480 e. The maximum Gasteiger partial charge on any atom is 0.328 e. The van der Waals surface area contributed by atoms with E-state index in [0.29, 0.717) is 22.7 Å². The monoisotopic (exact) mass is 459 g/mol. The van der Waals surface area contributed by atoms with Crippen LogP contribution in [-0.2, 0) is 9.59 Å². The van der Waals surface area contributed by atoms with Crippen LogP contribution in [0.2, 0.25) is 0 Å². The molecule has 1 aliphatic carbocycles. The van der Waals surface area contributed by atoms with Crippen LogP contribution in [0.3, 0.4) is 0 Å². The number of hydrogen-bond acceptors (Lipinski definition) is 4. The number of carboxylic acids is 1. The number of anilines is 1. The van der Waals surface area contributed by atoms with Gasteiger partial charge in [0.1, 0.15) is 5.54 Å². The second kappa shape index (κ2) is 9.63. The summed E-state index contributed by atoms with van der Waals surface area (Å²) in [5, 5.41) is 15.7. The van der Waals surface area contributed by atoms with Crippen LogP contribution in [0.4, 0.5) is 5.69 Å². The van der Waals surface area contributed by atoms with Gasteiger partial charge in [0.05, 0.1) is 11.1 Å². The predicted octanol–water partition coefficient (Wildman–Crippen LogP) is 4.74. The number of nitrogens with one attached hydrogen (secondary N) is 2. The number of fused-ring (bicyclic) bond motifs is 1. The molecule has 3 N–H and O–H groups in total. The maximum absolute atomic E-state index is 12.8. The predicted molar refractivity (Wildman–Crippen MR) is 131 cm³/mol. The highest BCUT2D eigenvalue weighted by atomic mass is 16.4. The number of carbonyl (C=O) groups is 3. The van der Waals surface area contributed by atoms with Crippen molar-refractivity contribution in [3.05, 3.63) is 71.9 Å². The number of carboxylic acid groups (broad SMARTS) is 1. The van der Waals surface area contributed by atoms with Crippen molar-refractivity contribution >= 4 is 34.4 Å². The molecule has 7 heteroatoms. The van der Waals surface area contributed by atoms with E-state index in [2.05, 4.69) is 15.6 Å². The minimum Gasteiger partial charge on any atom is -0.480 e. The standard InChI is InChI=1S/C27H29N3O4/c1-27(2,26(33)34)30-24(31)20-10-8-17(9-11-20)18-12-14-21(15-13-18)29-25(32)22-7-3-5-19-6-4-16-28-23(19)22/h3-7,12-17,20H,8-11H2,1-2H3,(H,29,32)(H,30,31)(H,33,34). The summed E-state index contributed by atoms with van der Waals surface area (Å²) in [5.74, 6) is -1.26. The Kier molecular flexibility index (Phi) is 6.63. The molecule has 2 aromatic carbocycles. The van der Waals surface area contributed by atoms with Gasteiger partial charge in [0, 0.05) is 23.2 Å². The topological polar surface area (TPSA) is 108 Å². The van der Waals surface area contributed by atoms with Crippen LogP contribution in [0.5, 0.6) is 0 Å². The Morgan fingerprint density at radius 1 is 0.941 bits per heavy atom. The number of benzene rings is 2. The van der Waals surface area contributed by atoms with E-state index in [9.17, 15) is 19.5 Å². The van der Waals surface area contributed by atoms with E-state index in [1.165, 1.54) is 19.4 Å². The number of hydrogen-bond donors (Lipinski definition) is 3. The normalized spacial score (nSPS) is 18.3. The zero-order valence-corrected chi connectivity index (χ0v) is 19.4. The van der Waals surface area contributed by atoms with E-state index in [1.54, 1.807) is 12.3 Å². The van der Waals surface area contributed by atoms with Crippen molar-refractivity contribution in [3.63, 3.8) is 0 Å². The Bertz CT molecular complexity index is 1210. The summed E-state index contributed by atoms with van der Waals surface area (Å²) >= 11 is 0. The molecular weight excluding hydrogens is 430 g/mol. The summed E-state index contributed by atoms with van der Waals surface area (Å²) in [5.41, 5.74) is 1.83. The van der Waals surface area contributed by atoms with Gasteiger partial charge in [-0.1, -0.05) is 30.3 Å². The maximum atomic E-state index is 12.8. The lowest BCUT2D eigenvalue weighted by molar-refractivity contribution is -0.146. The molecule has 0 spiro atoms. The molecule has 2 amide bonds. The Labute approximate surface area is 198 Å². The van der Waals surface area contributed by atoms with Crippen LogP contribution < -0.4 is 10.6 Å². The van der Waals surface area contributed by atoms with E-state index < -0.39 is 11.5 Å². The summed E-state index contributed by atoms with van der Waals surface area (Å²) in [4.78, 5) is 40.9. The average Bonchev–Trinajstić information content (AvgIpc) is 2.84. The van der Waals surface area contributed by atoms with E-state index in [1.807, 2.05) is 48.5 Å². The number of aliphatic carboxylic acids is 1. The molecule has 34 heavy (non-hydrogen) atoms. The summed E-state index contributed by atoms with van der Waals surface area (Å²) in [7, 11) is 0. The number of para-hydroxylation sites is 1. The Hall–Kier alpha value is -3.74. The summed E-state index contributed by atoms with van der Waals surface area (Å²) in [6.45, 7) is 2.99. The minimum absolute atomic E-state index is 0.164. The minimum atomic E-state index is -1.27. The fraction of sp³-hybridized carbons (Fsp3) is 0.333. The third-order valence-corrected chi connectivity index (χ3v) is 6.59. The fourth-order valence-corrected chi connectivity index (χ4v) is 4.48. The second-order valence-electron chi connectivity index (χ2n) is 9.42. The zero-order chi connectivity index (χ0) is 24.3. The van der Waals surface area contributed by atoms with E-state index >= 15 is 0 Å². The van der Waals surface area contributed by atoms with Gasteiger partial charge in [-0.15, -0.1) is 0 Å². The molecule has 7 nitrogen and oxygen atoms in total. The summed E-state index contributed by atoms with van der Waals surface area (Å²) in [6, 6.07) is 17.2. The van der Waals surface area contributed by atoms with Gasteiger partial charge in [-0.3, -0.25) is 14.6 Å². The number of amides is 2. The van der Waals surface area contributed by atoms with Gasteiger partial charge in [0.15, 0.2) is 0 Å². The van der Waals surface area contributed by atoms with Crippen LogP contribution in [0.25, 0.3) is 10.9 Å². The number of carbonyl (C=O) groups excluding carboxylic acids is 2. The molecule has 176 valence electrons. The smallest absolute Gasteiger partial charge is 0.328 e. The van der Waals surface area contributed by atoms with Gasteiger partial charge in [-0.25, -0.2) is 4.79 Å². The molecule has 0 aliphatic heterocycles. The Morgan fingerprint density at radius 2 is 1.62 bits per heavy atom. The SMILES string of the molecule is CC(C)(NC(=O)C1CCC(c2ccc(NC(=O)c3cccc4cccnc34)cc2)CC1)C(=O)O. The molecule has 0 saturated heterocycles. The van der Waals surface area contributed by atoms with Crippen molar-refractivity contribution in [3.8, 4) is 0 Å². The number of aromatic nitrogens is 1. The van der Waals surface area contributed by atoms with Crippen LogP contribution in [-0.4, -0.2) is 33.4 Å². The van der Waals surface area contributed by atoms with Crippen molar-refractivity contribution in [2.24, 2.45) is 5.92 Å². The second-order valence-corrected chi connectivity index (χ2v) is 9.42. The molecule has 1 aliphatic rings. The van der Waals surface area contributed by atoms with Gasteiger partial charge in [0.2, 0.25) is 5.91 Å². The highest BCUT2D eigenvalue weighted by Gasteiger charge is 2.33. The Balaban J connectivity index is 1.35. The summed E-state index contributed by atoms with van der Waals surface area (Å²) in [6.07, 6.45) is 4.84. The van der Waals surface area contributed by atoms with Gasteiger partial charge in [-0.05, 0) is 75.3 Å². The lowest BCUT2D eigenvalue weighted by Gasteiger charge is -2.30. The molecule has 0 radical (unpaired) electrons. The van der Waals surface area contributed by atoms with Crippen LogP contribution >= 0.6 is 0 Å². The van der Waals surface area contributed by atoms with Gasteiger partial charge in [-0.2, -0.15) is 0 Å². The lowest BCUT2D eigenvalue weighted by Crippen LogP contribution is -2.51. The van der Waals surface area contributed by atoms with Crippen LogP contribution in [0, 0.1) is 5.92 Å². The molecular formula is C27H29N3O4. The van der Waals surface area contributed by atoms with Crippen molar-refractivity contribution in [1.29, 1.82) is 0 Å². The van der Waals surface area contributed by atoms with Crippen molar-refractivity contribution in [2.75, 3.05) is 5.32 Å². The first-order valence-electron chi connectivity index (χ1n) is 11.5. The molecule has 0 atom stereocenters. The number of rotatable bonds is 6. The Morgan fingerprint density at radius 3 is 2.29 bits per heavy atom. The summed E-state index contributed by atoms with van der Waals surface area (Å²) < 4.78 is 0. The van der Waals surface area contributed by atoms with Crippen molar-refractivity contribution in [2.45, 2.75) is 51.0 Å². The molecule has 0 unspecified atom stereocenters. The molecule has 4 rings (SSSR count). The first-order chi connectivity index (χ1) is 16.2. The van der Waals surface area contributed by atoms with E-state index in [-0.39, 0.29) is 17.7 Å². The van der Waals surface area contributed by atoms with Crippen LogP contribution in [0.15, 0.2) is 60.8 Å². The zero-order valence-electron chi connectivity index (χ0n) is 19.4. The fourth-order valence-electron chi connectivity index (χ4n) is 4.48. The van der Waals surface area contributed by atoms with Crippen LogP contribution in [0.1, 0.15) is 61.4 Å². The number of nitrogens with zero attached hydrogens (tertiary/aromatic N) is 1. The molecule has 1 aromatic heterocycles. The average molecular weight is 460 g/mol. The number of pyridine rings is 1. The molecule has 1 saturated carbocycles. The lowest BCUT2D eigenvalue weighted by atomic mass is 9.78. The highest BCUT2D eigenvalue weighted by Crippen LogP contribution is 2.36.